The lowest BCUT2D eigenvalue weighted by Gasteiger charge is -2.23. The van der Waals surface area contributed by atoms with E-state index in [2.05, 4.69) is 5.32 Å². The van der Waals surface area contributed by atoms with Crippen LogP contribution in [0.1, 0.15) is 27.6 Å². The molecule has 0 saturated carbocycles. The fourth-order valence-corrected chi connectivity index (χ4v) is 4.76. The number of esters is 1. The van der Waals surface area contributed by atoms with Gasteiger partial charge >= 0.3 is 5.97 Å². The van der Waals surface area contributed by atoms with Crippen LogP contribution in [0.25, 0.3) is 0 Å². The Morgan fingerprint density at radius 1 is 0.939 bits per heavy atom. The molecule has 0 fully saturated rings. The molecule has 0 heterocycles. The molecule has 0 aliphatic rings. The van der Waals surface area contributed by atoms with Gasteiger partial charge in [-0.2, -0.15) is 0 Å². The Balaban J connectivity index is 1.93. The highest BCUT2D eigenvalue weighted by Gasteiger charge is 2.25. The van der Waals surface area contributed by atoms with Crippen molar-refractivity contribution in [3.05, 3.63) is 83.9 Å². The molecular weight excluding hydrogens is 444 g/mol. The van der Waals surface area contributed by atoms with Gasteiger partial charge in [0.2, 0.25) is 0 Å². The van der Waals surface area contributed by atoms with E-state index in [9.17, 15) is 18.0 Å². The molecule has 3 rings (SSSR count). The Hall–Kier alpha value is -3.85. The Morgan fingerprint density at radius 2 is 1.67 bits per heavy atom. The van der Waals surface area contributed by atoms with Crippen molar-refractivity contribution in [1.29, 1.82) is 0 Å². The van der Waals surface area contributed by atoms with E-state index in [1.807, 2.05) is 0 Å². The molecule has 0 aromatic heterocycles. The van der Waals surface area contributed by atoms with E-state index in [4.69, 9.17) is 9.47 Å². The number of rotatable bonds is 8. The number of carbonyl (C=O) groups excluding carboxylic acids is 2. The first-order chi connectivity index (χ1) is 15.8. The number of sulfonamides is 1. The molecule has 8 nitrogen and oxygen atoms in total. The number of nitrogens with one attached hydrogen (secondary N) is 1. The molecule has 0 saturated heterocycles. The van der Waals surface area contributed by atoms with E-state index in [-0.39, 0.29) is 28.3 Å². The normalized spacial score (nSPS) is 10.9. The van der Waals surface area contributed by atoms with Crippen LogP contribution in [0.2, 0.25) is 0 Å². The number of ether oxygens (including phenoxy) is 2. The van der Waals surface area contributed by atoms with Crippen molar-refractivity contribution < 1.29 is 27.5 Å². The van der Waals surface area contributed by atoms with E-state index in [1.54, 1.807) is 43.3 Å². The predicted octanol–water partition coefficient (Wildman–Crippen LogP) is 3.95. The van der Waals surface area contributed by atoms with Gasteiger partial charge in [0.1, 0.15) is 5.75 Å². The summed E-state index contributed by atoms with van der Waals surface area (Å²) in [4.78, 5) is 25.0. The third-order valence-electron chi connectivity index (χ3n) is 4.90. The highest BCUT2D eigenvalue weighted by molar-refractivity contribution is 7.92. The highest BCUT2D eigenvalue weighted by Crippen LogP contribution is 2.26. The zero-order chi connectivity index (χ0) is 24.0. The monoisotopic (exact) mass is 468 g/mol. The summed E-state index contributed by atoms with van der Waals surface area (Å²) >= 11 is 0. The lowest BCUT2D eigenvalue weighted by atomic mass is 10.1. The van der Waals surface area contributed by atoms with E-state index in [1.165, 1.54) is 54.9 Å². The maximum atomic E-state index is 13.3. The summed E-state index contributed by atoms with van der Waals surface area (Å²) in [5.41, 5.74) is 0.957. The van der Waals surface area contributed by atoms with Gasteiger partial charge in [-0.25, -0.2) is 13.2 Å². The van der Waals surface area contributed by atoms with Crippen molar-refractivity contribution in [2.24, 2.45) is 0 Å². The first-order valence-corrected chi connectivity index (χ1v) is 11.5. The van der Waals surface area contributed by atoms with Crippen molar-refractivity contribution in [1.82, 2.24) is 0 Å². The number of amides is 1. The van der Waals surface area contributed by atoms with E-state index < -0.39 is 21.9 Å². The maximum absolute atomic E-state index is 13.3. The summed E-state index contributed by atoms with van der Waals surface area (Å²) in [7, 11) is -1.22. The molecule has 0 aliphatic carbocycles. The number of carbonyl (C=O) groups is 2. The number of anilines is 2. The summed E-state index contributed by atoms with van der Waals surface area (Å²) < 4.78 is 37.7. The van der Waals surface area contributed by atoms with Crippen LogP contribution in [-0.2, 0) is 14.8 Å². The fourth-order valence-electron chi connectivity index (χ4n) is 3.24. The Labute approximate surface area is 192 Å². The topological polar surface area (TPSA) is 102 Å². The number of benzene rings is 3. The zero-order valence-corrected chi connectivity index (χ0v) is 19.3. The molecule has 0 radical (unpaired) electrons. The minimum absolute atomic E-state index is 0.0243. The molecule has 0 spiro atoms. The second-order valence-corrected chi connectivity index (χ2v) is 8.75. The number of methoxy groups -OCH3 is 2. The molecule has 0 unspecified atom stereocenters. The van der Waals surface area contributed by atoms with Gasteiger partial charge in [-0.05, 0) is 55.5 Å². The molecule has 33 heavy (non-hydrogen) atoms. The van der Waals surface area contributed by atoms with Crippen LogP contribution in [0.3, 0.4) is 0 Å². The smallest absolute Gasteiger partial charge is 0.340 e. The second kappa shape index (κ2) is 10.2. The lowest BCUT2D eigenvalue weighted by molar-refractivity contribution is 0.0601. The number of hydrogen-bond donors (Lipinski definition) is 1. The fraction of sp³-hybridized carbons (Fsp3) is 0.167. The van der Waals surface area contributed by atoms with Gasteiger partial charge in [0.25, 0.3) is 15.9 Å². The number of nitrogens with zero attached hydrogens (tertiary/aromatic N) is 1. The van der Waals surface area contributed by atoms with Crippen LogP contribution in [0.15, 0.2) is 77.7 Å². The minimum Gasteiger partial charge on any atom is -0.497 e. The van der Waals surface area contributed by atoms with Crippen molar-refractivity contribution in [3.8, 4) is 5.75 Å². The molecule has 0 atom stereocenters. The first-order valence-electron chi connectivity index (χ1n) is 10.1. The average molecular weight is 469 g/mol. The van der Waals surface area contributed by atoms with Crippen molar-refractivity contribution >= 4 is 33.3 Å². The minimum atomic E-state index is -3.90. The van der Waals surface area contributed by atoms with Crippen molar-refractivity contribution in [3.63, 3.8) is 0 Å². The molecule has 0 bridgehead atoms. The lowest BCUT2D eigenvalue weighted by Crippen LogP contribution is -2.31. The predicted molar refractivity (Wildman–Crippen MR) is 125 cm³/mol. The third-order valence-corrected chi connectivity index (χ3v) is 6.79. The van der Waals surface area contributed by atoms with Gasteiger partial charge in [-0.1, -0.05) is 24.3 Å². The maximum Gasteiger partial charge on any atom is 0.340 e. The summed E-state index contributed by atoms with van der Waals surface area (Å²) in [6.07, 6.45) is 0. The Kier molecular flexibility index (Phi) is 7.34. The highest BCUT2D eigenvalue weighted by atomic mass is 32.2. The molecule has 1 amide bonds. The average Bonchev–Trinajstić information content (AvgIpc) is 2.84. The number of hydrogen-bond acceptors (Lipinski definition) is 6. The van der Waals surface area contributed by atoms with Crippen molar-refractivity contribution in [2.45, 2.75) is 11.8 Å². The van der Waals surface area contributed by atoms with E-state index in [0.717, 1.165) is 0 Å². The largest absolute Gasteiger partial charge is 0.497 e. The Bertz CT molecular complexity index is 1260. The van der Waals surface area contributed by atoms with Crippen LogP contribution < -0.4 is 14.4 Å². The quantitative estimate of drug-likeness (QED) is 0.502. The van der Waals surface area contributed by atoms with E-state index >= 15 is 0 Å². The molecule has 3 aromatic carbocycles. The molecule has 0 aliphatic heterocycles. The second-order valence-electron chi connectivity index (χ2n) is 6.89. The SMILES string of the molecule is CCN(c1ccccc1)S(=O)(=O)c1cccc(C(=O)Nc2ccc(OC)cc2C(=O)OC)c1. The van der Waals surface area contributed by atoms with Crippen LogP contribution >= 0.6 is 0 Å². The van der Waals surface area contributed by atoms with Gasteiger partial charge in [0.15, 0.2) is 0 Å². The van der Waals surface area contributed by atoms with Crippen LogP contribution in [0.4, 0.5) is 11.4 Å². The van der Waals surface area contributed by atoms with Gasteiger partial charge < -0.3 is 14.8 Å². The summed E-state index contributed by atoms with van der Waals surface area (Å²) in [5, 5.41) is 2.64. The molecule has 3 aromatic rings. The van der Waals surface area contributed by atoms with Gasteiger partial charge in [-0.3, -0.25) is 9.10 Å². The molecule has 1 N–H and O–H groups in total. The summed E-state index contributed by atoms with van der Waals surface area (Å²) in [6, 6.07) is 19.0. The Morgan fingerprint density at radius 3 is 2.30 bits per heavy atom. The first kappa shape index (κ1) is 23.8. The molecular formula is C24H24N2O6S. The van der Waals surface area contributed by atoms with Crippen LogP contribution in [0.5, 0.6) is 5.75 Å². The van der Waals surface area contributed by atoms with Gasteiger partial charge in [0.05, 0.1) is 36.1 Å². The van der Waals surface area contributed by atoms with Crippen LogP contribution in [-0.4, -0.2) is 41.1 Å². The number of para-hydroxylation sites is 1. The summed E-state index contributed by atoms with van der Waals surface area (Å²) in [5.74, 6) is -0.811. The van der Waals surface area contributed by atoms with Gasteiger partial charge in [-0.15, -0.1) is 0 Å². The van der Waals surface area contributed by atoms with Crippen LogP contribution in [0, 0.1) is 0 Å². The van der Waals surface area contributed by atoms with Crippen molar-refractivity contribution in [2.75, 3.05) is 30.4 Å². The zero-order valence-electron chi connectivity index (χ0n) is 18.4. The summed E-state index contributed by atoms with van der Waals surface area (Å²) in [6.45, 7) is 1.95. The standard InChI is InChI=1S/C24H24N2O6S/c1-4-26(18-10-6-5-7-11-18)33(29,30)20-12-8-9-17(15-20)23(27)25-22-14-13-19(31-2)16-21(22)24(28)32-3/h5-16H,4H2,1-3H3,(H,25,27). The van der Waals surface area contributed by atoms with Gasteiger partial charge in [0, 0.05) is 12.1 Å². The molecule has 9 heteroatoms. The molecule has 172 valence electrons. The van der Waals surface area contributed by atoms with E-state index in [0.29, 0.717) is 11.4 Å². The third kappa shape index (κ3) is 5.15.